The van der Waals surface area contributed by atoms with Crippen molar-refractivity contribution in [2.24, 2.45) is 0 Å². The Morgan fingerprint density at radius 1 is 1.25 bits per heavy atom. The van der Waals surface area contributed by atoms with Crippen molar-refractivity contribution < 1.29 is 5.11 Å². The molecule has 1 nitrogen and oxygen atoms in total. The molecule has 1 aliphatic carbocycles. The van der Waals surface area contributed by atoms with Crippen LogP contribution in [0.4, 0.5) is 0 Å². The number of rotatable bonds is 0. The number of aliphatic hydroxyl groups excluding tert-OH is 1. The molecule has 1 rings (SSSR count). The number of aliphatic hydroxyl groups is 1. The van der Waals surface area contributed by atoms with Gasteiger partial charge in [0.2, 0.25) is 0 Å². The van der Waals surface area contributed by atoms with Crippen LogP contribution in [0.5, 0.6) is 0 Å². The van der Waals surface area contributed by atoms with Crippen LogP contribution in [-0.2, 0) is 0 Å². The zero-order valence-electron chi connectivity index (χ0n) is 5.14. The van der Waals surface area contributed by atoms with E-state index < -0.39 is 0 Å². The van der Waals surface area contributed by atoms with Gasteiger partial charge in [-0.1, -0.05) is 12.8 Å². The van der Waals surface area contributed by atoms with Gasteiger partial charge in [-0.05, 0) is 25.7 Å². The van der Waals surface area contributed by atoms with Crippen LogP contribution in [0, 0.1) is 6.42 Å². The monoisotopic (exact) mass is 113 g/mol. The van der Waals surface area contributed by atoms with Gasteiger partial charge in [-0.2, -0.15) is 0 Å². The molecule has 0 bridgehead atoms. The van der Waals surface area contributed by atoms with E-state index in [2.05, 4.69) is 6.42 Å². The standard InChI is InChI=1S/C7H13O/c8-7-5-3-1-2-4-6-7/h1,7-8H,2-6H2. The van der Waals surface area contributed by atoms with Gasteiger partial charge in [0.05, 0.1) is 6.10 Å². The lowest BCUT2D eigenvalue weighted by Gasteiger charge is -2.01. The molecule has 0 aromatic rings. The predicted molar refractivity (Wildman–Crippen MR) is 33.4 cm³/mol. The van der Waals surface area contributed by atoms with Crippen LogP contribution in [0.25, 0.3) is 0 Å². The Morgan fingerprint density at radius 2 is 2.12 bits per heavy atom. The van der Waals surface area contributed by atoms with Crippen molar-refractivity contribution >= 4 is 0 Å². The minimum atomic E-state index is -0.00579. The van der Waals surface area contributed by atoms with E-state index in [-0.39, 0.29) is 6.10 Å². The highest BCUT2D eigenvalue weighted by atomic mass is 16.3. The molecule has 0 saturated heterocycles. The van der Waals surface area contributed by atoms with Gasteiger partial charge in [0.25, 0.3) is 0 Å². The molecule has 0 amide bonds. The Balaban J connectivity index is 2.17. The van der Waals surface area contributed by atoms with E-state index in [4.69, 9.17) is 5.11 Å². The van der Waals surface area contributed by atoms with Gasteiger partial charge in [-0.25, -0.2) is 0 Å². The molecule has 1 atom stereocenters. The summed E-state index contributed by atoms with van der Waals surface area (Å²) < 4.78 is 0. The highest BCUT2D eigenvalue weighted by Crippen LogP contribution is 2.15. The van der Waals surface area contributed by atoms with Crippen molar-refractivity contribution in [2.75, 3.05) is 0 Å². The lowest BCUT2D eigenvalue weighted by molar-refractivity contribution is 0.158. The Kier molecular flexibility index (Phi) is 2.34. The average Bonchev–Trinajstić information content (AvgIpc) is 1.94. The summed E-state index contributed by atoms with van der Waals surface area (Å²) in [4.78, 5) is 0. The zero-order valence-corrected chi connectivity index (χ0v) is 5.14. The minimum absolute atomic E-state index is 0.00579. The Labute approximate surface area is 50.7 Å². The molecule has 1 aliphatic rings. The van der Waals surface area contributed by atoms with Gasteiger partial charge in [0.1, 0.15) is 0 Å². The lowest BCUT2D eigenvalue weighted by atomic mass is 10.2. The number of hydrogen-bond donors (Lipinski definition) is 1. The Morgan fingerprint density at radius 3 is 3.00 bits per heavy atom. The molecule has 1 fully saturated rings. The third-order valence-corrected chi connectivity index (χ3v) is 1.65. The van der Waals surface area contributed by atoms with E-state index in [0.717, 1.165) is 19.3 Å². The lowest BCUT2D eigenvalue weighted by Crippen LogP contribution is -2.02. The molecule has 0 aliphatic heterocycles. The fourth-order valence-electron chi connectivity index (χ4n) is 1.10. The maximum atomic E-state index is 9.07. The summed E-state index contributed by atoms with van der Waals surface area (Å²) in [6, 6.07) is 0. The molecule has 8 heavy (non-hydrogen) atoms. The SMILES string of the molecule is OC1CC[CH]CCC1. The van der Waals surface area contributed by atoms with Crippen LogP contribution in [0.3, 0.4) is 0 Å². The summed E-state index contributed by atoms with van der Waals surface area (Å²) in [5.74, 6) is 0. The normalized spacial score (nSPS) is 25.1. The predicted octanol–water partition coefficient (Wildman–Crippen LogP) is 1.52. The fraction of sp³-hybridized carbons (Fsp3) is 0.857. The summed E-state index contributed by atoms with van der Waals surface area (Å²) in [5, 5.41) is 9.07. The van der Waals surface area contributed by atoms with Gasteiger partial charge in [0, 0.05) is 0 Å². The summed E-state index contributed by atoms with van der Waals surface area (Å²) >= 11 is 0. The summed E-state index contributed by atoms with van der Waals surface area (Å²) in [6.07, 6.45) is 7.76. The quantitative estimate of drug-likeness (QED) is 0.472. The van der Waals surface area contributed by atoms with Crippen LogP contribution in [0.2, 0.25) is 0 Å². The van der Waals surface area contributed by atoms with E-state index in [1.807, 2.05) is 0 Å². The van der Waals surface area contributed by atoms with E-state index in [9.17, 15) is 0 Å². The molecule has 0 spiro atoms. The molecular weight excluding hydrogens is 100 g/mol. The molecule has 1 radical (unpaired) electrons. The molecule has 1 N–H and O–H groups in total. The first-order valence-electron chi connectivity index (χ1n) is 3.39. The van der Waals surface area contributed by atoms with E-state index in [0.29, 0.717) is 0 Å². The first-order valence-corrected chi connectivity index (χ1v) is 3.39. The Hall–Kier alpha value is -0.0400. The molecule has 0 aromatic heterocycles. The Bertz CT molecular complexity index is 53.4. The third kappa shape index (κ3) is 1.83. The smallest absolute Gasteiger partial charge is 0.0540 e. The summed E-state index contributed by atoms with van der Waals surface area (Å²) in [7, 11) is 0. The van der Waals surface area contributed by atoms with Crippen molar-refractivity contribution in [2.45, 2.75) is 38.2 Å². The van der Waals surface area contributed by atoms with Gasteiger partial charge in [-0.3, -0.25) is 0 Å². The third-order valence-electron chi connectivity index (χ3n) is 1.65. The van der Waals surface area contributed by atoms with Gasteiger partial charge < -0.3 is 5.11 Å². The van der Waals surface area contributed by atoms with Crippen molar-refractivity contribution in [3.63, 3.8) is 0 Å². The van der Waals surface area contributed by atoms with Crippen molar-refractivity contribution in [1.82, 2.24) is 0 Å². The average molecular weight is 113 g/mol. The first kappa shape index (κ1) is 6.09. The molecule has 1 unspecified atom stereocenters. The fourth-order valence-corrected chi connectivity index (χ4v) is 1.10. The first-order chi connectivity index (χ1) is 3.89. The zero-order chi connectivity index (χ0) is 5.82. The van der Waals surface area contributed by atoms with Gasteiger partial charge in [-0.15, -0.1) is 0 Å². The second kappa shape index (κ2) is 3.08. The van der Waals surface area contributed by atoms with Gasteiger partial charge >= 0.3 is 0 Å². The number of hydrogen-bond acceptors (Lipinski definition) is 1. The summed E-state index contributed by atoms with van der Waals surface area (Å²) in [6.45, 7) is 0. The molecule has 0 aromatic carbocycles. The highest BCUT2D eigenvalue weighted by molar-refractivity contribution is 4.72. The second-order valence-corrected chi connectivity index (χ2v) is 2.45. The van der Waals surface area contributed by atoms with Gasteiger partial charge in [0.15, 0.2) is 0 Å². The topological polar surface area (TPSA) is 20.2 Å². The minimum Gasteiger partial charge on any atom is -0.393 e. The molecule has 1 saturated carbocycles. The van der Waals surface area contributed by atoms with Crippen LogP contribution in [-0.4, -0.2) is 11.2 Å². The molecule has 47 valence electrons. The van der Waals surface area contributed by atoms with Crippen molar-refractivity contribution in [3.8, 4) is 0 Å². The van der Waals surface area contributed by atoms with Crippen LogP contribution in [0.15, 0.2) is 0 Å². The van der Waals surface area contributed by atoms with E-state index >= 15 is 0 Å². The van der Waals surface area contributed by atoms with Crippen molar-refractivity contribution in [1.29, 1.82) is 0 Å². The highest BCUT2D eigenvalue weighted by Gasteiger charge is 2.06. The van der Waals surface area contributed by atoms with Crippen molar-refractivity contribution in [3.05, 3.63) is 6.42 Å². The second-order valence-electron chi connectivity index (χ2n) is 2.45. The largest absolute Gasteiger partial charge is 0.393 e. The maximum Gasteiger partial charge on any atom is 0.0540 e. The summed E-state index contributed by atoms with van der Waals surface area (Å²) in [5.41, 5.74) is 0. The van der Waals surface area contributed by atoms with Crippen LogP contribution < -0.4 is 0 Å². The van der Waals surface area contributed by atoms with Crippen LogP contribution in [0.1, 0.15) is 32.1 Å². The molecule has 1 heteroatoms. The van der Waals surface area contributed by atoms with E-state index in [1.54, 1.807) is 0 Å². The van der Waals surface area contributed by atoms with E-state index in [1.165, 1.54) is 12.8 Å². The maximum absolute atomic E-state index is 9.07. The molecule has 0 heterocycles. The molecular formula is C7H13O. The van der Waals surface area contributed by atoms with Crippen LogP contribution >= 0.6 is 0 Å².